The maximum absolute atomic E-state index is 11.4. The normalized spacial score (nSPS) is 9.65. The van der Waals surface area contributed by atoms with E-state index >= 15 is 0 Å². The number of hydrogen-bond donors (Lipinski definition) is 2. The van der Waals surface area contributed by atoms with Crippen LogP contribution in [0.5, 0.6) is 5.75 Å². The largest absolute Gasteiger partial charge is 0.417 e. The van der Waals surface area contributed by atoms with Crippen LogP contribution in [0.1, 0.15) is 0 Å². The molecule has 1 aromatic heterocycles. The third-order valence-electron chi connectivity index (χ3n) is 1.88. The van der Waals surface area contributed by atoms with Gasteiger partial charge in [0.05, 0.1) is 12.4 Å². The van der Waals surface area contributed by atoms with Gasteiger partial charge in [0.15, 0.2) is 5.75 Å². The van der Waals surface area contributed by atoms with Gasteiger partial charge in [-0.3, -0.25) is 5.32 Å². The molecule has 2 rings (SSSR count). The molecule has 0 fully saturated rings. The summed E-state index contributed by atoms with van der Waals surface area (Å²) in [5.74, 6) is 0.355. The fourth-order valence-corrected chi connectivity index (χ4v) is 1.15. The Balaban J connectivity index is 1.96. The van der Waals surface area contributed by atoms with E-state index in [2.05, 4.69) is 15.3 Å². The average molecular weight is 230 g/mol. The topological polar surface area (TPSA) is 90.1 Å². The molecule has 3 N–H and O–H groups in total. The van der Waals surface area contributed by atoms with Gasteiger partial charge in [-0.2, -0.15) is 0 Å². The van der Waals surface area contributed by atoms with Crippen molar-refractivity contribution in [1.29, 1.82) is 0 Å². The summed E-state index contributed by atoms with van der Waals surface area (Å²) in [5, 5.41) is 2.56. The van der Waals surface area contributed by atoms with Crippen LogP contribution in [-0.2, 0) is 0 Å². The number of nitrogens with one attached hydrogen (secondary N) is 1. The standard InChI is InChI=1S/C11H10N4O2/c12-10-13-6-9(7-14-10)17-11(16)15-8-4-2-1-3-5-8/h1-7H,(H,15,16)(H2,12,13,14). The van der Waals surface area contributed by atoms with Crippen molar-refractivity contribution in [3.05, 3.63) is 42.7 Å². The molecule has 0 spiro atoms. The van der Waals surface area contributed by atoms with E-state index in [1.54, 1.807) is 12.1 Å². The van der Waals surface area contributed by atoms with Gasteiger partial charge in [-0.25, -0.2) is 14.8 Å². The van der Waals surface area contributed by atoms with Crippen molar-refractivity contribution < 1.29 is 9.53 Å². The quantitative estimate of drug-likeness (QED) is 0.818. The Bertz CT molecular complexity index is 499. The minimum absolute atomic E-state index is 0.126. The monoisotopic (exact) mass is 230 g/mol. The summed E-state index contributed by atoms with van der Waals surface area (Å²) in [4.78, 5) is 18.8. The van der Waals surface area contributed by atoms with Crippen molar-refractivity contribution >= 4 is 17.7 Å². The predicted octanol–water partition coefficient (Wildman–Crippen LogP) is 1.67. The Labute approximate surface area is 97.5 Å². The minimum Gasteiger partial charge on any atom is -0.407 e. The first kappa shape index (κ1) is 10.9. The summed E-state index contributed by atoms with van der Waals surface area (Å²) >= 11 is 0. The molecule has 6 heteroatoms. The molecule has 1 heterocycles. The first-order valence-corrected chi connectivity index (χ1v) is 4.85. The number of anilines is 2. The van der Waals surface area contributed by atoms with Crippen molar-refractivity contribution in [2.75, 3.05) is 11.1 Å². The van der Waals surface area contributed by atoms with E-state index in [4.69, 9.17) is 10.5 Å². The Morgan fingerprint density at radius 2 is 1.82 bits per heavy atom. The average Bonchev–Trinajstić information content (AvgIpc) is 2.33. The Morgan fingerprint density at radius 1 is 1.18 bits per heavy atom. The van der Waals surface area contributed by atoms with Gasteiger partial charge in [0.1, 0.15) is 0 Å². The van der Waals surface area contributed by atoms with Crippen molar-refractivity contribution in [3.8, 4) is 5.75 Å². The van der Waals surface area contributed by atoms with Crippen LogP contribution in [-0.4, -0.2) is 16.1 Å². The van der Waals surface area contributed by atoms with Crippen LogP contribution in [0.25, 0.3) is 0 Å². The van der Waals surface area contributed by atoms with Crippen LogP contribution >= 0.6 is 0 Å². The zero-order valence-corrected chi connectivity index (χ0v) is 8.83. The first-order chi connectivity index (χ1) is 8.24. The zero-order valence-electron chi connectivity index (χ0n) is 8.83. The highest BCUT2D eigenvalue weighted by atomic mass is 16.6. The molecule has 17 heavy (non-hydrogen) atoms. The maximum Gasteiger partial charge on any atom is 0.417 e. The lowest BCUT2D eigenvalue weighted by Crippen LogP contribution is -2.16. The SMILES string of the molecule is Nc1ncc(OC(=O)Nc2ccccc2)cn1. The lowest BCUT2D eigenvalue weighted by atomic mass is 10.3. The molecule has 0 aliphatic rings. The molecule has 0 saturated heterocycles. The van der Waals surface area contributed by atoms with Crippen LogP contribution in [0.3, 0.4) is 0 Å². The highest BCUT2D eigenvalue weighted by molar-refractivity contribution is 5.86. The number of hydrogen-bond acceptors (Lipinski definition) is 5. The van der Waals surface area contributed by atoms with Crippen molar-refractivity contribution in [2.45, 2.75) is 0 Å². The number of benzene rings is 1. The van der Waals surface area contributed by atoms with Gasteiger partial charge in [0.2, 0.25) is 5.95 Å². The number of nitrogens with two attached hydrogens (primary N) is 1. The number of ether oxygens (including phenoxy) is 1. The first-order valence-electron chi connectivity index (χ1n) is 4.85. The Kier molecular flexibility index (Phi) is 3.15. The van der Waals surface area contributed by atoms with Gasteiger partial charge in [-0.05, 0) is 12.1 Å². The van der Waals surface area contributed by atoms with Crippen molar-refractivity contribution in [3.63, 3.8) is 0 Å². The summed E-state index contributed by atoms with van der Waals surface area (Å²) in [5.41, 5.74) is 5.95. The molecule has 2 aromatic rings. The fourth-order valence-electron chi connectivity index (χ4n) is 1.15. The highest BCUT2D eigenvalue weighted by Crippen LogP contribution is 2.10. The smallest absolute Gasteiger partial charge is 0.407 e. The van der Waals surface area contributed by atoms with Gasteiger partial charge < -0.3 is 10.5 Å². The molecule has 6 nitrogen and oxygen atoms in total. The summed E-state index contributed by atoms with van der Waals surface area (Å²) in [6, 6.07) is 8.97. The molecule has 1 aromatic carbocycles. The van der Waals surface area contributed by atoms with E-state index in [-0.39, 0.29) is 11.7 Å². The van der Waals surface area contributed by atoms with Crippen molar-refractivity contribution in [1.82, 2.24) is 9.97 Å². The van der Waals surface area contributed by atoms with Gasteiger partial charge in [0, 0.05) is 5.69 Å². The molecule has 1 amide bonds. The number of aromatic nitrogens is 2. The molecule has 0 atom stereocenters. The molecular weight excluding hydrogens is 220 g/mol. The maximum atomic E-state index is 11.4. The number of carbonyl (C=O) groups is 1. The molecule has 0 bridgehead atoms. The number of nitrogens with zero attached hydrogens (tertiary/aromatic N) is 2. The summed E-state index contributed by atoms with van der Waals surface area (Å²) in [7, 11) is 0. The van der Waals surface area contributed by atoms with E-state index in [0.29, 0.717) is 5.69 Å². The summed E-state index contributed by atoms with van der Waals surface area (Å²) in [6.45, 7) is 0. The third-order valence-corrected chi connectivity index (χ3v) is 1.88. The van der Waals surface area contributed by atoms with Gasteiger partial charge >= 0.3 is 6.09 Å². The van der Waals surface area contributed by atoms with Gasteiger partial charge in [0.25, 0.3) is 0 Å². The molecule has 0 aliphatic carbocycles. The van der Waals surface area contributed by atoms with E-state index in [1.165, 1.54) is 12.4 Å². The number of amides is 1. The molecule has 86 valence electrons. The third kappa shape index (κ3) is 3.16. The van der Waals surface area contributed by atoms with Crippen molar-refractivity contribution in [2.24, 2.45) is 0 Å². The summed E-state index contributed by atoms with van der Waals surface area (Å²) in [6.07, 6.45) is 2.05. The number of para-hydroxylation sites is 1. The second kappa shape index (κ2) is 4.93. The van der Waals surface area contributed by atoms with Crippen LogP contribution in [0.15, 0.2) is 42.7 Å². The fraction of sp³-hybridized carbons (Fsp3) is 0. The highest BCUT2D eigenvalue weighted by Gasteiger charge is 2.05. The lowest BCUT2D eigenvalue weighted by Gasteiger charge is -2.05. The van der Waals surface area contributed by atoms with E-state index in [1.807, 2.05) is 18.2 Å². The van der Waals surface area contributed by atoms with E-state index < -0.39 is 6.09 Å². The second-order valence-electron chi connectivity index (χ2n) is 3.16. The minimum atomic E-state index is -0.607. The predicted molar refractivity (Wildman–Crippen MR) is 62.5 cm³/mol. The number of rotatable bonds is 2. The van der Waals surface area contributed by atoms with E-state index in [0.717, 1.165) is 0 Å². The lowest BCUT2D eigenvalue weighted by molar-refractivity contribution is 0.215. The van der Waals surface area contributed by atoms with Crippen LogP contribution in [0, 0.1) is 0 Å². The Morgan fingerprint density at radius 3 is 2.47 bits per heavy atom. The molecular formula is C11H10N4O2. The van der Waals surface area contributed by atoms with Gasteiger partial charge in [-0.15, -0.1) is 0 Å². The van der Waals surface area contributed by atoms with Crippen LogP contribution in [0.4, 0.5) is 16.4 Å². The van der Waals surface area contributed by atoms with Crippen LogP contribution in [0.2, 0.25) is 0 Å². The van der Waals surface area contributed by atoms with Crippen LogP contribution < -0.4 is 15.8 Å². The molecule has 0 radical (unpaired) electrons. The second-order valence-corrected chi connectivity index (χ2v) is 3.16. The molecule has 0 unspecified atom stereocenters. The summed E-state index contributed by atoms with van der Waals surface area (Å²) < 4.78 is 4.94. The molecule has 0 saturated carbocycles. The number of carbonyl (C=O) groups excluding carboxylic acids is 1. The van der Waals surface area contributed by atoms with Gasteiger partial charge in [-0.1, -0.05) is 18.2 Å². The number of nitrogen functional groups attached to an aromatic ring is 1. The van der Waals surface area contributed by atoms with E-state index in [9.17, 15) is 4.79 Å². The molecule has 0 aliphatic heterocycles. The zero-order chi connectivity index (χ0) is 12.1. The Hall–Kier alpha value is -2.63.